The van der Waals surface area contributed by atoms with Crippen LogP contribution in [-0.4, -0.2) is 7.28 Å². The number of nitrogens with one attached hydrogen (secondary N) is 1. The molecule has 443 valence electrons. The molecule has 1 N–H and O–H groups in total. The van der Waals surface area contributed by atoms with Crippen LogP contribution < -0.4 is 26.0 Å². The van der Waals surface area contributed by atoms with Crippen molar-refractivity contribution in [2.75, 3.05) is 15.1 Å². The molecule has 0 saturated heterocycles. The van der Waals surface area contributed by atoms with Gasteiger partial charge in [-0.3, -0.25) is 0 Å². The summed E-state index contributed by atoms with van der Waals surface area (Å²) in [6.07, 6.45) is 6.82. The summed E-state index contributed by atoms with van der Waals surface area (Å²) in [5.74, 6) is 0. The van der Waals surface area contributed by atoms with Crippen molar-refractivity contribution in [1.29, 1.82) is 0 Å². The van der Waals surface area contributed by atoms with Crippen molar-refractivity contribution in [2.24, 2.45) is 0 Å². The molecule has 0 fully saturated rings. The molecule has 0 bridgehead atoms. The summed E-state index contributed by atoms with van der Waals surface area (Å²) in [6.45, 7) is 36.2. The Morgan fingerprint density at radius 2 is 0.955 bits per heavy atom. The first kappa shape index (κ1) is 56.5. The second kappa shape index (κ2) is 19.3. The molecule has 0 spiro atoms. The van der Waals surface area contributed by atoms with Crippen LogP contribution in [0.1, 0.15) is 181 Å². The number of hydrogen-bond acceptors (Lipinski definition) is 5. The van der Waals surface area contributed by atoms with Crippen molar-refractivity contribution in [3.05, 3.63) is 203 Å². The highest BCUT2D eigenvalue weighted by Crippen LogP contribution is 2.54. The minimum atomic E-state index is -0.0421. The Kier molecular flexibility index (Phi) is 12.4. The number of nitrogens with zero attached hydrogens (tertiary/aromatic N) is 2. The van der Waals surface area contributed by atoms with E-state index in [1.54, 1.807) is 0 Å². The molecule has 9 aromatic carbocycles. The van der Waals surface area contributed by atoms with E-state index in [1.165, 1.54) is 55.8 Å². The maximum absolute atomic E-state index is 7.37. The van der Waals surface area contributed by atoms with Gasteiger partial charge in [0, 0.05) is 73.0 Å². The standard InChI is InChI=1S/C82H85BN3O2/c1-76(2,3)49-24-27-51(28-25-49)85(53-29-31-57-55-20-16-18-22-70(55)87-72(57)46-53)54-43-59(73-67(35-32-58-56-21-17-19-23-71(56)88-75(58)73)84-50-26-33-60-62(42-50)79(8,9)38-36-77(60,4)5)74-69(45-54)86(52-30-34-61-63(44-52)80(10,11)39-37-78(61,6)7)68-48-65-64(47-66(68)83-74)81(12,13)40-41-82(65,14)15/h16-35,42-48,84H,36-41H2,1-15H3. The van der Waals surface area contributed by atoms with Gasteiger partial charge in [-0.15, -0.1) is 0 Å². The van der Waals surface area contributed by atoms with Crippen molar-refractivity contribution in [1.82, 2.24) is 0 Å². The van der Waals surface area contributed by atoms with E-state index in [2.05, 4.69) is 290 Å². The third kappa shape index (κ3) is 8.99. The van der Waals surface area contributed by atoms with Gasteiger partial charge in [-0.05, 0) is 217 Å². The smallest absolute Gasteiger partial charge is 0.197 e. The lowest BCUT2D eigenvalue weighted by Crippen LogP contribution is -2.44. The third-order valence-electron chi connectivity index (χ3n) is 21.8. The molecule has 1 aliphatic heterocycles. The summed E-state index contributed by atoms with van der Waals surface area (Å²) in [5.41, 5.74) is 26.5. The first-order chi connectivity index (χ1) is 41.7. The normalized spacial score (nSPS) is 18.3. The molecule has 2 aromatic heterocycles. The minimum absolute atomic E-state index is 0.00740. The lowest BCUT2D eigenvalue weighted by atomic mass is 9.55. The van der Waals surface area contributed by atoms with E-state index in [1.807, 2.05) is 0 Å². The summed E-state index contributed by atoms with van der Waals surface area (Å²) in [4.78, 5) is 5.11. The highest BCUT2D eigenvalue weighted by atomic mass is 16.3. The van der Waals surface area contributed by atoms with Crippen LogP contribution >= 0.6 is 0 Å². The van der Waals surface area contributed by atoms with Crippen LogP contribution in [0.3, 0.4) is 0 Å². The van der Waals surface area contributed by atoms with E-state index in [0.717, 1.165) is 133 Å². The SMILES string of the molecule is CC(C)(C)c1ccc(N(c2cc(-c3c(Nc4ccc5c(c4)C(C)(C)CCC5(C)C)ccc4c3oc3ccccc34)c3c(c2)N(c2ccc4c(c2)C(C)(C)CCC4(C)C)c2cc4c(cc2[B]3)C(C)(C)CCC4(C)C)c2ccc3c(c2)oc2ccccc23)cc1. The van der Waals surface area contributed by atoms with Gasteiger partial charge in [0.1, 0.15) is 22.3 Å². The zero-order valence-corrected chi connectivity index (χ0v) is 54.6. The molecular weight excluding hydrogens is 1070 g/mol. The Morgan fingerprint density at radius 3 is 1.59 bits per heavy atom. The van der Waals surface area contributed by atoms with Crippen LogP contribution in [0.2, 0.25) is 0 Å². The first-order valence-electron chi connectivity index (χ1n) is 32.5. The van der Waals surface area contributed by atoms with Gasteiger partial charge < -0.3 is 24.0 Å². The Morgan fingerprint density at radius 1 is 0.432 bits per heavy atom. The molecule has 0 unspecified atom stereocenters. The van der Waals surface area contributed by atoms with Gasteiger partial charge in [0.05, 0.1) is 5.69 Å². The van der Waals surface area contributed by atoms with Crippen LogP contribution in [-0.2, 0) is 37.9 Å². The van der Waals surface area contributed by atoms with E-state index in [9.17, 15) is 0 Å². The zero-order valence-electron chi connectivity index (χ0n) is 54.6. The Balaban J connectivity index is 1.07. The average molecular weight is 1160 g/mol. The fraction of sp³-hybridized carbons (Fsp3) is 0.341. The van der Waals surface area contributed by atoms with E-state index < -0.39 is 0 Å². The van der Waals surface area contributed by atoms with Crippen LogP contribution in [0.15, 0.2) is 173 Å². The number of hydrogen-bond donors (Lipinski definition) is 1. The Hall–Kier alpha value is -7.96. The summed E-state index contributed by atoms with van der Waals surface area (Å²) in [6, 6.07) is 62.4. The van der Waals surface area contributed by atoms with E-state index in [4.69, 9.17) is 8.83 Å². The molecule has 4 aliphatic rings. The van der Waals surface area contributed by atoms with Gasteiger partial charge >= 0.3 is 0 Å². The average Bonchev–Trinajstić information content (AvgIpc) is 1.15. The van der Waals surface area contributed by atoms with Gasteiger partial charge in [-0.2, -0.15) is 0 Å². The lowest BCUT2D eigenvalue weighted by Gasteiger charge is -2.45. The van der Waals surface area contributed by atoms with Crippen LogP contribution in [0.4, 0.5) is 45.5 Å². The number of anilines is 8. The molecular formula is C82H85BN3O2. The number of fused-ring (bicyclic) bond motifs is 11. The molecule has 5 nitrogen and oxygen atoms in total. The van der Waals surface area contributed by atoms with E-state index in [0.29, 0.717) is 0 Å². The molecule has 0 atom stereocenters. The summed E-state index contributed by atoms with van der Waals surface area (Å²) in [5, 5.41) is 8.54. The fourth-order valence-electron chi connectivity index (χ4n) is 15.9. The van der Waals surface area contributed by atoms with Gasteiger partial charge in [-0.1, -0.05) is 176 Å². The quantitative estimate of drug-likeness (QED) is 0.161. The largest absolute Gasteiger partial charge is 0.456 e. The van der Waals surface area contributed by atoms with Crippen LogP contribution in [0.25, 0.3) is 55.0 Å². The first-order valence-corrected chi connectivity index (χ1v) is 32.5. The molecule has 0 amide bonds. The van der Waals surface area contributed by atoms with Gasteiger partial charge in [0.15, 0.2) is 7.28 Å². The summed E-state index contributed by atoms with van der Waals surface area (Å²) < 4.78 is 14.1. The lowest BCUT2D eigenvalue weighted by molar-refractivity contribution is 0.332. The molecule has 11 aromatic rings. The van der Waals surface area contributed by atoms with E-state index in [-0.39, 0.29) is 37.9 Å². The maximum Gasteiger partial charge on any atom is 0.197 e. The predicted molar refractivity (Wildman–Crippen MR) is 375 cm³/mol. The molecule has 6 heteroatoms. The monoisotopic (exact) mass is 1150 g/mol. The topological polar surface area (TPSA) is 44.8 Å². The fourth-order valence-corrected chi connectivity index (χ4v) is 15.9. The second-order valence-electron chi connectivity index (χ2n) is 31.7. The van der Waals surface area contributed by atoms with Crippen molar-refractivity contribution in [3.8, 4) is 11.1 Å². The van der Waals surface area contributed by atoms with Crippen LogP contribution in [0.5, 0.6) is 0 Å². The molecule has 3 aliphatic carbocycles. The third-order valence-corrected chi connectivity index (χ3v) is 21.8. The summed E-state index contributed by atoms with van der Waals surface area (Å²) in [7, 11) is 2.53. The zero-order chi connectivity index (χ0) is 61.4. The number of rotatable bonds is 7. The second-order valence-corrected chi connectivity index (χ2v) is 31.7. The highest BCUT2D eigenvalue weighted by Gasteiger charge is 2.43. The molecule has 3 heterocycles. The molecule has 1 radical (unpaired) electrons. The van der Waals surface area contributed by atoms with Gasteiger partial charge in [0.25, 0.3) is 0 Å². The summed E-state index contributed by atoms with van der Waals surface area (Å²) >= 11 is 0. The van der Waals surface area contributed by atoms with Gasteiger partial charge in [0.2, 0.25) is 0 Å². The van der Waals surface area contributed by atoms with Crippen molar-refractivity contribution >= 4 is 108 Å². The number of benzene rings is 9. The van der Waals surface area contributed by atoms with Crippen LogP contribution in [0, 0.1) is 0 Å². The number of furan rings is 2. The molecule has 15 rings (SSSR count). The highest BCUT2D eigenvalue weighted by molar-refractivity contribution is 6.73. The Bertz CT molecular complexity index is 4690. The maximum atomic E-state index is 7.37. The van der Waals surface area contributed by atoms with Crippen molar-refractivity contribution in [2.45, 2.75) is 180 Å². The minimum Gasteiger partial charge on any atom is -0.456 e. The predicted octanol–water partition coefficient (Wildman–Crippen LogP) is 22.1. The Labute approximate surface area is 522 Å². The number of para-hydroxylation sites is 2. The molecule has 0 saturated carbocycles. The van der Waals surface area contributed by atoms with Gasteiger partial charge in [-0.25, -0.2) is 0 Å². The molecule has 88 heavy (non-hydrogen) atoms. The van der Waals surface area contributed by atoms with E-state index >= 15 is 0 Å². The van der Waals surface area contributed by atoms with Crippen molar-refractivity contribution in [3.63, 3.8) is 0 Å². The van der Waals surface area contributed by atoms with Crippen molar-refractivity contribution < 1.29 is 8.83 Å².